The van der Waals surface area contributed by atoms with E-state index >= 15 is 0 Å². The van der Waals surface area contributed by atoms with Gasteiger partial charge in [-0.05, 0) is 32.7 Å². The highest BCUT2D eigenvalue weighted by molar-refractivity contribution is 5.29. The summed E-state index contributed by atoms with van der Waals surface area (Å²) in [7, 11) is 3.78. The summed E-state index contributed by atoms with van der Waals surface area (Å²) in [5.74, 6) is 1.63. The number of methoxy groups -OCH3 is 1. The van der Waals surface area contributed by atoms with Gasteiger partial charge in [-0.25, -0.2) is 0 Å². The maximum absolute atomic E-state index is 5.48. The lowest BCUT2D eigenvalue weighted by molar-refractivity contribution is 0.264. The first-order chi connectivity index (χ1) is 8.81. The molecule has 0 radical (unpaired) electrons. The summed E-state index contributed by atoms with van der Waals surface area (Å²) in [5.41, 5.74) is 1.22. The smallest absolute Gasteiger partial charge is 0.161 e. The zero-order chi connectivity index (χ0) is 13.0. The molecule has 1 N–H and O–H groups in total. The van der Waals surface area contributed by atoms with Crippen molar-refractivity contribution in [1.29, 1.82) is 0 Å². The maximum Gasteiger partial charge on any atom is 0.161 e. The minimum Gasteiger partial charge on any atom is -0.493 e. The predicted octanol–water partition coefficient (Wildman–Crippen LogP) is 2.75. The van der Waals surface area contributed by atoms with Crippen LogP contribution < -0.4 is 10.1 Å². The average molecular weight is 251 g/mol. The molecular formula is C14H25N3O. The molecule has 1 aliphatic rings. The third-order valence-corrected chi connectivity index (χ3v) is 4.09. The van der Waals surface area contributed by atoms with Crippen LogP contribution in [0.25, 0.3) is 0 Å². The Morgan fingerprint density at radius 1 is 1.44 bits per heavy atom. The number of hydrogen-bond acceptors (Lipinski definition) is 3. The molecule has 0 amide bonds. The molecule has 1 aliphatic carbocycles. The van der Waals surface area contributed by atoms with Crippen LogP contribution in [0, 0.1) is 5.92 Å². The first-order valence-corrected chi connectivity index (χ1v) is 7.08. The van der Waals surface area contributed by atoms with Crippen LogP contribution in [0.5, 0.6) is 5.75 Å². The van der Waals surface area contributed by atoms with Crippen molar-refractivity contribution in [3.63, 3.8) is 0 Å². The monoisotopic (exact) mass is 251 g/mol. The van der Waals surface area contributed by atoms with Gasteiger partial charge in [0.15, 0.2) is 5.75 Å². The van der Waals surface area contributed by atoms with Gasteiger partial charge in [-0.3, -0.25) is 4.68 Å². The van der Waals surface area contributed by atoms with Gasteiger partial charge in [-0.15, -0.1) is 0 Å². The Kier molecular flexibility index (Phi) is 4.64. The first kappa shape index (κ1) is 13.4. The Morgan fingerprint density at radius 3 is 2.72 bits per heavy atom. The van der Waals surface area contributed by atoms with Crippen LogP contribution in [-0.2, 0) is 6.54 Å². The van der Waals surface area contributed by atoms with Crippen molar-refractivity contribution in [1.82, 2.24) is 15.1 Å². The Bertz CT molecular complexity index is 348. The summed E-state index contributed by atoms with van der Waals surface area (Å²) >= 11 is 0. The van der Waals surface area contributed by atoms with Crippen molar-refractivity contribution in [2.24, 2.45) is 5.92 Å². The summed E-state index contributed by atoms with van der Waals surface area (Å²) in [5, 5.41) is 7.90. The fourth-order valence-electron chi connectivity index (χ4n) is 3.16. The fraction of sp³-hybridized carbons (Fsp3) is 0.786. The van der Waals surface area contributed by atoms with Gasteiger partial charge in [0.05, 0.1) is 25.0 Å². The van der Waals surface area contributed by atoms with Crippen molar-refractivity contribution >= 4 is 0 Å². The summed E-state index contributed by atoms with van der Waals surface area (Å²) in [6.45, 7) is 3.02. The van der Waals surface area contributed by atoms with E-state index in [1.165, 1.54) is 37.8 Å². The number of rotatable bonds is 5. The van der Waals surface area contributed by atoms with Gasteiger partial charge < -0.3 is 10.1 Å². The van der Waals surface area contributed by atoms with Gasteiger partial charge in [0.1, 0.15) is 0 Å². The molecule has 1 heterocycles. The topological polar surface area (TPSA) is 39.1 Å². The molecule has 1 unspecified atom stereocenters. The van der Waals surface area contributed by atoms with Crippen molar-refractivity contribution in [2.45, 2.75) is 51.6 Å². The van der Waals surface area contributed by atoms with E-state index in [4.69, 9.17) is 4.74 Å². The van der Waals surface area contributed by atoms with E-state index in [1.807, 2.05) is 13.2 Å². The molecule has 0 aromatic carbocycles. The second-order valence-electron chi connectivity index (χ2n) is 5.08. The van der Waals surface area contributed by atoms with Crippen molar-refractivity contribution in [2.75, 3.05) is 14.2 Å². The third kappa shape index (κ3) is 2.53. The second-order valence-corrected chi connectivity index (χ2v) is 5.08. The summed E-state index contributed by atoms with van der Waals surface area (Å²) in [4.78, 5) is 0. The van der Waals surface area contributed by atoms with E-state index in [0.717, 1.165) is 12.3 Å². The first-order valence-electron chi connectivity index (χ1n) is 7.08. The molecule has 4 nitrogen and oxygen atoms in total. The van der Waals surface area contributed by atoms with Gasteiger partial charge >= 0.3 is 0 Å². The predicted molar refractivity (Wildman–Crippen MR) is 72.8 cm³/mol. The van der Waals surface area contributed by atoms with Gasteiger partial charge in [0, 0.05) is 6.54 Å². The molecular weight excluding hydrogens is 226 g/mol. The number of aromatic nitrogens is 2. The van der Waals surface area contributed by atoms with Crippen LogP contribution in [0.3, 0.4) is 0 Å². The minimum atomic E-state index is 0.364. The molecule has 18 heavy (non-hydrogen) atoms. The zero-order valence-electron chi connectivity index (χ0n) is 11.8. The normalized spacial score (nSPS) is 18.8. The van der Waals surface area contributed by atoms with Crippen molar-refractivity contribution in [3.8, 4) is 5.75 Å². The number of ether oxygens (including phenoxy) is 1. The highest BCUT2D eigenvalue weighted by Crippen LogP contribution is 2.37. The van der Waals surface area contributed by atoms with Crippen LogP contribution in [0.2, 0.25) is 0 Å². The Labute approximate surface area is 110 Å². The molecule has 0 saturated heterocycles. The van der Waals surface area contributed by atoms with Gasteiger partial charge in [-0.2, -0.15) is 5.10 Å². The molecule has 1 fully saturated rings. The molecule has 0 spiro atoms. The van der Waals surface area contributed by atoms with Crippen molar-refractivity contribution in [3.05, 3.63) is 11.9 Å². The third-order valence-electron chi connectivity index (χ3n) is 4.09. The molecule has 1 aromatic heterocycles. The summed E-state index contributed by atoms with van der Waals surface area (Å²) in [6.07, 6.45) is 8.55. The van der Waals surface area contributed by atoms with Gasteiger partial charge in [0.25, 0.3) is 0 Å². The standard InChI is InChI=1S/C14H25N3O/c1-4-17-14(12(18-3)10-16-17)13(15-2)11-8-6-5-7-9-11/h10-11,13,15H,4-9H2,1-3H3. The number of aryl methyl sites for hydroxylation is 1. The van der Waals surface area contributed by atoms with Crippen LogP contribution in [0.15, 0.2) is 6.20 Å². The van der Waals surface area contributed by atoms with Crippen LogP contribution >= 0.6 is 0 Å². The highest BCUT2D eigenvalue weighted by Gasteiger charge is 2.29. The number of hydrogen-bond donors (Lipinski definition) is 1. The van der Waals surface area contributed by atoms with E-state index < -0.39 is 0 Å². The Hall–Kier alpha value is -1.03. The summed E-state index contributed by atoms with van der Waals surface area (Å²) < 4.78 is 7.54. The van der Waals surface area contributed by atoms with Crippen LogP contribution in [0.4, 0.5) is 0 Å². The van der Waals surface area contributed by atoms with E-state index in [0.29, 0.717) is 12.0 Å². The lowest BCUT2D eigenvalue weighted by Gasteiger charge is -2.30. The molecule has 1 atom stereocenters. The molecule has 4 heteroatoms. The quantitative estimate of drug-likeness (QED) is 0.874. The van der Waals surface area contributed by atoms with E-state index in [2.05, 4.69) is 22.0 Å². The lowest BCUT2D eigenvalue weighted by atomic mass is 9.82. The summed E-state index contributed by atoms with van der Waals surface area (Å²) in [6, 6.07) is 0.364. The number of nitrogens with one attached hydrogen (secondary N) is 1. The molecule has 102 valence electrons. The lowest BCUT2D eigenvalue weighted by Crippen LogP contribution is -2.29. The minimum absolute atomic E-state index is 0.364. The SMILES string of the molecule is CCn1ncc(OC)c1C(NC)C1CCCCC1. The van der Waals surface area contributed by atoms with E-state index in [-0.39, 0.29) is 0 Å². The largest absolute Gasteiger partial charge is 0.493 e. The van der Waals surface area contributed by atoms with E-state index in [1.54, 1.807) is 7.11 Å². The van der Waals surface area contributed by atoms with Gasteiger partial charge in [-0.1, -0.05) is 19.3 Å². The Balaban J connectivity index is 2.27. The number of nitrogens with zero attached hydrogens (tertiary/aromatic N) is 2. The molecule has 1 saturated carbocycles. The second kappa shape index (κ2) is 6.23. The Morgan fingerprint density at radius 2 is 2.17 bits per heavy atom. The fourth-order valence-corrected chi connectivity index (χ4v) is 3.16. The zero-order valence-corrected chi connectivity index (χ0v) is 11.8. The maximum atomic E-state index is 5.48. The molecule has 0 bridgehead atoms. The highest BCUT2D eigenvalue weighted by atomic mass is 16.5. The van der Waals surface area contributed by atoms with Crippen LogP contribution in [0.1, 0.15) is 50.8 Å². The van der Waals surface area contributed by atoms with Gasteiger partial charge in [0.2, 0.25) is 0 Å². The molecule has 0 aliphatic heterocycles. The van der Waals surface area contributed by atoms with E-state index in [9.17, 15) is 0 Å². The van der Waals surface area contributed by atoms with Crippen molar-refractivity contribution < 1.29 is 4.74 Å². The van der Waals surface area contributed by atoms with Crippen LogP contribution in [-0.4, -0.2) is 23.9 Å². The molecule has 1 aromatic rings. The molecule has 2 rings (SSSR count). The average Bonchev–Trinajstić information content (AvgIpc) is 2.84.